The topological polar surface area (TPSA) is 79.5 Å². The summed E-state index contributed by atoms with van der Waals surface area (Å²) in [5.74, 6) is 0.846. The molecule has 1 fully saturated rings. The number of H-pyrrole nitrogens is 2. The molecule has 6 nitrogen and oxygen atoms in total. The van der Waals surface area contributed by atoms with Gasteiger partial charge in [-0.2, -0.15) is 5.10 Å². The van der Waals surface area contributed by atoms with Gasteiger partial charge in [-0.3, -0.25) is 10.1 Å². The molecule has 1 saturated carbocycles. The summed E-state index contributed by atoms with van der Waals surface area (Å²) in [6.07, 6.45) is 11.9. The van der Waals surface area contributed by atoms with Gasteiger partial charge in [-0.25, -0.2) is 4.98 Å². The molecule has 1 aromatic carbocycles. The van der Waals surface area contributed by atoms with Gasteiger partial charge in [-0.15, -0.1) is 0 Å². The normalized spacial score (nSPS) is 15.0. The van der Waals surface area contributed by atoms with E-state index >= 15 is 0 Å². The third-order valence-corrected chi connectivity index (χ3v) is 6.11. The molecule has 2 N–H and O–H groups in total. The number of pyridine rings is 2. The fourth-order valence-corrected chi connectivity index (χ4v) is 4.50. The van der Waals surface area contributed by atoms with Crippen molar-refractivity contribution in [3.63, 3.8) is 0 Å². The van der Waals surface area contributed by atoms with Gasteiger partial charge in [0, 0.05) is 28.7 Å². The molecule has 0 amide bonds. The van der Waals surface area contributed by atoms with E-state index < -0.39 is 0 Å². The van der Waals surface area contributed by atoms with E-state index in [0.29, 0.717) is 6.10 Å². The molecule has 0 aliphatic heterocycles. The summed E-state index contributed by atoms with van der Waals surface area (Å²) in [6.45, 7) is 0. The zero-order valence-electron chi connectivity index (χ0n) is 17.1. The van der Waals surface area contributed by atoms with Gasteiger partial charge < -0.3 is 9.72 Å². The van der Waals surface area contributed by atoms with Crippen LogP contribution in [0.2, 0.25) is 0 Å². The number of aromatic nitrogens is 5. The van der Waals surface area contributed by atoms with E-state index in [0.717, 1.165) is 63.0 Å². The zero-order chi connectivity index (χ0) is 20.6. The third-order valence-electron chi connectivity index (χ3n) is 6.11. The molecule has 0 spiro atoms. The molecule has 0 bridgehead atoms. The van der Waals surface area contributed by atoms with Gasteiger partial charge in [0.25, 0.3) is 0 Å². The predicted octanol–water partition coefficient (Wildman–Crippen LogP) is 5.88. The molecule has 6 rings (SSSR count). The number of benzene rings is 1. The monoisotopic (exact) mass is 409 g/mol. The minimum absolute atomic E-state index is 0.310. The van der Waals surface area contributed by atoms with Crippen LogP contribution in [-0.2, 0) is 0 Å². The quantitative estimate of drug-likeness (QED) is 0.388. The van der Waals surface area contributed by atoms with Crippen LogP contribution in [0, 0.1) is 0 Å². The number of fused-ring (bicyclic) bond motifs is 2. The Labute approximate surface area is 179 Å². The molecular formula is C25H23N5O. The zero-order valence-corrected chi connectivity index (χ0v) is 17.1. The fourth-order valence-electron chi connectivity index (χ4n) is 4.50. The standard InChI is InChI=1S/C25H23N5O/c1-2-6-19(7-3-1)31-20-11-18(14-26-15-20)16-8-9-22-21(12-16)24(30-29-22)23-13-17-5-4-10-27-25(17)28-23/h4-5,8-15,19H,1-3,6-7H2,(H,27,28)(H,29,30). The van der Waals surface area contributed by atoms with Gasteiger partial charge in [0.15, 0.2) is 0 Å². The summed E-state index contributed by atoms with van der Waals surface area (Å²) in [5.41, 5.74) is 5.82. The second kappa shape index (κ2) is 7.54. The molecule has 6 heteroatoms. The molecule has 0 atom stereocenters. The molecule has 154 valence electrons. The number of hydrogen-bond donors (Lipinski definition) is 2. The Bertz CT molecular complexity index is 1330. The molecule has 1 aliphatic rings. The van der Waals surface area contributed by atoms with Crippen LogP contribution in [0.3, 0.4) is 0 Å². The van der Waals surface area contributed by atoms with Crippen molar-refractivity contribution < 1.29 is 4.74 Å². The van der Waals surface area contributed by atoms with Gasteiger partial charge in [0.1, 0.15) is 17.1 Å². The SMILES string of the molecule is c1cnc2[nH]c(-c3n[nH]c4ccc(-c5cncc(OC6CCCCC6)c5)cc34)cc2c1. The molecule has 4 heterocycles. The Morgan fingerprint density at radius 1 is 0.935 bits per heavy atom. The largest absolute Gasteiger partial charge is 0.489 e. The lowest BCUT2D eigenvalue weighted by atomic mass is 9.98. The second-order valence-electron chi connectivity index (χ2n) is 8.24. The van der Waals surface area contributed by atoms with Gasteiger partial charge in [0.05, 0.1) is 23.5 Å². The Morgan fingerprint density at radius 3 is 2.77 bits per heavy atom. The molecular weight excluding hydrogens is 386 g/mol. The molecule has 1 aliphatic carbocycles. The van der Waals surface area contributed by atoms with Crippen LogP contribution in [0.5, 0.6) is 5.75 Å². The molecule has 4 aromatic heterocycles. The Hall–Kier alpha value is -3.67. The highest BCUT2D eigenvalue weighted by Gasteiger charge is 2.16. The smallest absolute Gasteiger partial charge is 0.138 e. The van der Waals surface area contributed by atoms with Crippen molar-refractivity contribution in [1.29, 1.82) is 0 Å². The number of nitrogens with one attached hydrogen (secondary N) is 2. The summed E-state index contributed by atoms with van der Waals surface area (Å²) in [5, 5.41) is 9.84. The maximum atomic E-state index is 6.22. The van der Waals surface area contributed by atoms with Crippen LogP contribution >= 0.6 is 0 Å². The molecule has 31 heavy (non-hydrogen) atoms. The van der Waals surface area contributed by atoms with Gasteiger partial charge in [-0.05, 0) is 67.6 Å². The second-order valence-corrected chi connectivity index (χ2v) is 8.24. The lowest BCUT2D eigenvalue weighted by Crippen LogP contribution is -2.19. The lowest BCUT2D eigenvalue weighted by molar-refractivity contribution is 0.154. The van der Waals surface area contributed by atoms with Crippen LogP contribution in [0.1, 0.15) is 32.1 Å². The van der Waals surface area contributed by atoms with Gasteiger partial charge in [-0.1, -0.05) is 12.5 Å². The van der Waals surface area contributed by atoms with Crippen LogP contribution in [-0.4, -0.2) is 31.3 Å². The first-order chi connectivity index (χ1) is 15.3. The summed E-state index contributed by atoms with van der Waals surface area (Å²) in [4.78, 5) is 12.2. The van der Waals surface area contributed by atoms with Crippen molar-refractivity contribution in [2.24, 2.45) is 0 Å². The number of hydrogen-bond acceptors (Lipinski definition) is 4. The van der Waals surface area contributed by atoms with E-state index in [4.69, 9.17) is 4.74 Å². The Kier molecular flexibility index (Phi) is 4.41. The summed E-state index contributed by atoms with van der Waals surface area (Å²) in [7, 11) is 0. The highest BCUT2D eigenvalue weighted by Crippen LogP contribution is 2.32. The number of aromatic amines is 2. The first-order valence-electron chi connectivity index (χ1n) is 10.9. The van der Waals surface area contributed by atoms with Gasteiger partial charge >= 0.3 is 0 Å². The first kappa shape index (κ1) is 18.1. The number of ether oxygens (including phenoxy) is 1. The first-order valence-corrected chi connectivity index (χ1v) is 10.9. The van der Waals surface area contributed by atoms with Crippen molar-refractivity contribution in [3.05, 3.63) is 61.1 Å². The average Bonchev–Trinajstić information content (AvgIpc) is 3.43. The van der Waals surface area contributed by atoms with E-state index in [2.05, 4.69) is 55.5 Å². The highest BCUT2D eigenvalue weighted by atomic mass is 16.5. The predicted molar refractivity (Wildman–Crippen MR) is 122 cm³/mol. The van der Waals surface area contributed by atoms with Crippen molar-refractivity contribution in [2.75, 3.05) is 0 Å². The molecule has 0 radical (unpaired) electrons. The van der Waals surface area contributed by atoms with Crippen LogP contribution in [0.25, 0.3) is 44.5 Å². The minimum atomic E-state index is 0.310. The maximum absolute atomic E-state index is 6.22. The van der Waals surface area contributed by atoms with E-state index in [9.17, 15) is 0 Å². The molecule has 0 unspecified atom stereocenters. The molecule has 0 saturated heterocycles. The maximum Gasteiger partial charge on any atom is 0.138 e. The highest BCUT2D eigenvalue weighted by molar-refractivity contribution is 5.97. The average molecular weight is 409 g/mol. The number of nitrogens with zero attached hydrogens (tertiary/aromatic N) is 3. The van der Waals surface area contributed by atoms with E-state index in [1.807, 2.05) is 24.5 Å². The van der Waals surface area contributed by atoms with Crippen LogP contribution in [0.15, 0.2) is 61.1 Å². The molecule has 5 aromatic rings. The third kappa shape index (κ3) is 3.44. The summed E-state index contributed by atoms with van der Waals surface area (Å²) in [6, 6.07) is 14.5. The van der Waals surface area contributed by atoms with Crippen molar-refractivity contribution >= 4 is 21.9 Å². The Balaban J connectivity index is 1.36. The van der Waals surface area contributed by atoms with Crippen LogP contribution < -0.4 is 4.74 Å². The lowest BCUT2D eigenvalue weighted by Gasteiger charge is -2.23. The van der Waals surface area contributed by atoms with Crippen molar-refractivity contribution in [1.82, 2.24) is 25.1 Å². The Morgan fingerprint density at radius 2 is 1.87 bits per heavy atom. The fraction of sp³-hybridized carbons (Fsp3) is 0.240. The summed E-state index contributed by atoms with van der Waals surface area (Å²) < 4.78 is 6.22. The van der Waals surface area contributed by atoms with E-state index in [-0.39, 0.29) is 0 Å². The van der Waals surface area contributed by atoms with E-state index in [1.54, 1.807) is 6.20 Å². The van der Waals surface area contributed by atoms with Gasteiger partial charge in [0.2, 0.25) is 0 Å². The van der Waals surface area contributed by atoms with Crippen molar-refractivity contribution in [2.45, 2.75) is 38.2 Å². The van der Waals surface area contributed by atoms with Crippen molar-refractivity contribution in [3.8, 4) is 28.3 Å². The van der Waals surface area contributed by atoms with E-state index in [1.165, 1.54) is 19.3 Å². The van der Waals surface area contributed by atoms with Crippen LogP contribution in [0.4, 0.5) is 0 Å². The number of rotatable bonds is 4. The minimum Gasteiger partial charge on any atom is -0.489 e. The summed E-state index contributed by atoms with van der Waals surface area (Å²) >= 11 is 0.